The molecule has 0 fully saturated rings. The van der Waals surface area contributed by atoms with E-state index in [0.29, 0.717) is 12.5 Å². The highest BCUT2D eigenvalue weighted by atomic mass is 16.3. The van der Waals surface area contributed by atoms with Gasteiger partial charge in [0.1, 0.15) is 0 Å². The molecule has 0 bridgehead atoms. The van der Waals surface area contributed by atoms with Crippen LogP contribution in [0.4, 0.5) is 5.69 Å². The van der Waals surface area contributed by atoms with Gasteiger partial charge in [-0.1, -0.05) is 25.1 Å². The van der Waals surface area contributed by atoms with Gasteiger partial charge in [0, 0.05) is 19.2 Å². The number of anilines is 1. The average Bonchev–Trinajstić information content (AvgIpc) is 2.29. The lowest BCUT2D eigenvalue weighted by atomic mass is 10.0. The van der Waals surface area contributed by atoms with Gasteiger partial charge >= 0.3 is 0 Å². The minimum atomic E-state index is -0.261. The maximum Gasteiger partial charge on any atom is 0.221 e. The Morgan fingerprint density at radius 2 is 2.00 bits per heavy atom. The molecule has 2 unspecified atom stereocenters. The van der Waals surface area contributed by atoms with Crippen LogP contribution < -0.4 is 10.6 Å². The summed E-state index contributed by atoms with van der Waals surface area (Å²) in [5.41, 5.74) is 1.92. The normalized spacial score (nSPS) is 13.9. The smallest absolute Gasteiger partial charge is 0.221 e. The summed E-state index contributed by atoms with van der Waals surface area (Å²) in [5, 5.41) is 15.5. The van der Waals surface area contributed by atoms with E-state index in [-0.39, 0.29) is 12.0 Å². The van der Waals surface area contributed by atoms with Gasteiger partial charge in [-0.2, -0.15) is 0 Å². The number of hydrogen-bond acceptors (Lipinski definition) is 3. The Kier molecular flexibility index (Phi) is 6.53. The van der Waals surface area contributed by atoms with Gasteiger partial charge in [0.2, 0.25) is 5.91 Å². The van der Waals surface area contributed by atoms with Gasteiger partial charge in [-0.05, 0) is 37.4 Å². The summed E-state index contributed by atoms with van der Waals surface area (Å²) < 4.78 is 0. The number of carbonyl (C=O) groups excluding carboxylic acids is 1. The predicted octanol–water partition coefficient (Wildman–Crippen LogP) is 2.14. The zero-order chi connectivity index (χ0) is 14.3. The lowest BCUT2D eigenvalue weighted by Crippen LogP contribution is -2.23. The Hall–Kier alpha value is -1.39. The quantitative estimate of drug-likeness (QED) is 0.707. The van der Waals surface area contributed by atoms with E-state index in [1.54, 1.807) is 0 Å². The summed E-state index contributed by atoms with van der Waals surface area (Å²) >= 11 is 0. The van der Waals surface area contributed by atoms with Gasteiger partial charge in [-0.3, -0.25) is 4.79 Å². The third-order valence-electron chi connectivity index (χ3n) is 2.88. The van der Waals surface area contributed by atoms with Crippen LogP contribution in [-0.2, 0) is 11.3 Å². The van der Waals surface area contributed by atoms with E-state index in [1.165, 1.54) is 6.92 Å². The Balaban J connectivity index is 2.46. The van der Waals surface area contributed by atoms with Crippen molar-refractivity contribution in [3.63, 3.8) is 0 Å². The van der Waals surface area contributed by atoms with E-state index in [2.05, 4.69) is 17.6 Å². The number of hydrogen-bond donors (Lipinski definition) is 3. The fourth-order valence-corrected chi connectivity index (χ4v) is 2.10. The molecule has 0 aliphatic carbocycles. The molecule has 4 nitrogen and oxygen atoms in total. The van der Waals surface area contributed by atoms with E-state index < -0.39 is 0 Å². The Bertz CT molecular complexity index is 405. The summed E-state index contributed by atoms with van der Waals surface area (Å²) in [5.74, 6) is 0.364. The topological polar surface area (TPSA) is 61.4 Å². The highest BCUT2D eigenvalue weighted by Gasteiger charge is 2.07. The van der Waals surface area contributed by atoms with Gasteiger partial charge < -0.3 is 15.7 Å². The third kappa shape index (κ3) is 6.36. The Labute approximate surface area is 115 Å². The predicted molar refractivity (Wildman–Crippen MR) is 77.9 cm³/mol. The fourth-order valence-electron chi connectivity index (χ4n) is 2.10. The number of nitrogens with one attached hydrogen (secondary N) is 2. The molecule has 1 aromatic rings. The lowest BCUT2D eigenvalue weighted by Gasteiger charge is -2.15. The number of amides is 1. The van der Waals surface area contributed by atoms with Crippen LogP contribution in [-0.4, -0.2) is 23.7 Å². The summed E-state index contributed by atoms with van der Waals surface area (Å²) in [6.07, 6.45) is 0.531. The molecule has 1 aromatic carbocycles. The van der Waals surface area contributed by atoms with Gasteiger partial charge in [0.25, 0.3) is 0 Å². The molecule has 0 spiro atoms. The minimum absolute atomic E-state index is 0.0603. The van der Waals surface area contributed by atoms with Crippen molar-refractivity contribution in [1.29, 1.82) is 0 Å². The summed E-state index contributed by atoms with van der Waals surface area (Å²) in [6.45, 7) is 6.98. The van der Waals surface area contributed by atoms with Crippen LogP contribution in [0.1, 0.15) is 32.8 Å². The zero-order valence-electron chi connectivity index (χ0n) is 11.9. The molecule has 0 aliphatic rings. The summed E-state index contributed by atoms with van der Waals surface area (Å²) in [4.78, 5) is 11.1. The van der Waals surface area contributed by atoms with Crippen LogP contribution in [0.2, 0.25) is 0 Å². The molecular weight excluding hydrogens is 240 g/mol. The number of carbonyl (C=O) groups is 1. The van der Waals surface area contributed by atoms with Crippen molar-refractivity contribution < 1.29 is 9.90 Å². The van der Waals surface area contributed by atoms with E-state index in [4.69, 9.17) is 0 Å². The van der Waals surface area contributed by atoms with Crippen LogP contribution in [0.25, 0.3) is 0 Å². The summed E-state index contributed by atoms with van der Waals surface area (Å²) in [6, 6.07) is 7.77. The molecular formula is C15H24N2O2. The van der Waals surface area contributed by atoms with E-state index in [1.807, 2.05) is 31.2 Å². The molecule has 0 aromatic heterocycles. The molecule has 2 atom stereocenters. The van der Waals surface area contributed by atoms with Crippen LogP contribution in [0, 0.1) is 5.92 Å². The van der Waals surface area contributed by atoms with Gasteiger partial charge in [-0.25, -0.2) is 0 Å². The molecule has 1 rings (SSSR count). The van der Waals surface area contributed by atoms with Crippen molar-refractivity contribution >= 4 is 11.6 Å². The second-order valence-corrected chi connectivity index (χ2v) is 5.16. The average molecular weight is 264 g/mol. The molecule has 19 heavy (non-hydrogen) atoms. The first-order chi connectivity index (χ1) is 8.99. The highest BCUT2D eigenvalue weighted by molar-refractivity contribution is 5.89. The first-order valence-corrected chi connectivity index (χ1v) is 6.73. The number of rotatable bonds is 7. The maximum atomic E-state index is 11.1. The molecule has 4 heteroatoms. The van der Waals surface area contributed by atoms with Gasteiger partial charge in [0.05, 0.1) is 6.10 Å². The number of para-hydroxylation sites is 1. The molecule has 1 amide bonds. The summed E-state index contributed by atoms with van der Waals surface area (Å²) in [7, 11) is 0. The number of aliphatic hydroxyl groups excluding tert-OH is 1. The third-order valence-corrected chi connectivity index (χ3v) is 2.88. The molecule has 0 saturated carbocycles. The van der Waals surface area contributed by atoms with Crippen molar-refractivity contribution in [3.05, 3.63) is 29.8 Å². The molecule has 3 N–H and O–H groups in total. The van der Waals surface area contributed by atoms with Crippen LogP contribution in [0.5, 0.6) is 0 Å². The van der Waals surface area contributed by atoms with E-state index in [9.17, 15) is 9.90 Å². The van der Waals surface area contributed by atoms with Crippen LogP contribution in [0.3, 0.4) is 0 Å². The van der Waals surface area contributed by atoms with Crippen LogP contribution in [0.15, 0.2) is 24.3 Å². The largest absolute Gasteiger partial charge is 0.393 e. The second kappa shape index (κ2) is 7.92. The van der Waals surface area contributed by atoms with Crippen molar-refractivity contribution in [2.75, 3.05) is 11.9 Å². The fraction of sp³-hybridized carbons (Fsp3) is 0.533. The standard InChI is InChI=1S/C15H24N2O2/c1-11(8-12(2)18)9-16-10-14-6-4-5-7-15(14)17-13(3)19/h4-7,11-12,16,18H,8-10H2,1-3H3,(H,17,19). The van der Waals surface area contributed by atoms with Crippen LogP contribution >= 0.6 is 0 Å². The zero-order valence-corrected chi connectivity index (χ0v) is 11.9. The van der Waals surface area contributed by atoms with Gasteiger partial charge in [-0.15, -0.1) is 0 Å². The first kappa shape index (κ1) is 15.7. The van der Waals surface area contributed by atoms with Crippen molar-refractivity contribution in [3.8, 4) is 0 Å². The molecule has 0 saturated heterocycles. The second-order valence-electron chi connectivity index (χ2n) is 5.16. The first-order valence-electron chi connectivity index (χ1n) is 6.73. The molecule has 106 valence electrons. The number of aliphatic hydroxyl groups is 1. The maximum absolute atomic E-state index is 11.1. The van der Waals surface area contributed by atoms with E-state index >= 15 is 0 Å². The monoisotopic (exact) mass is 264 g/mol. The molecule has 0 heterocycles. The van der Waals surface area contributed by atoms with Crippen molar-refractivity contribution in [2.24, 2.45) is 5.92 Å². The minimum Gasteiger partial charge on any atom is -0.393 e. The molecule has 0 radical (unpaired) electrons. The Morgan fingerprint density at radius 3 is 2.63 bits per heavy atom. The highest BCUT2D eigenvalue weighted by Crippen LogP contribution is 2.15. The number of benzene rings is 1. The lowest BCUT2D eigenvalue weighted by molar-refractivity contribution is -0.114. The van der Waals surface area contributed by atoms with Crippen molar-refractivity contribution in [2.45, 2.75) is 39.8 Å². The molecule has 0 aliphatic heterocycles. The van der Waals surface area contributed by atoms with E-state index in [0.717, 1.165) is 24.2 Å². The Morgan fingerprint density at radius 1 is 1.32 bits per heavy atom. The SMILES string of the molecule is CC(=O)Nc1ccccc1CNCC(C)CC(C)O. The van der Waals surface area contributed by atoms with Gasteiger partial charge in [0.15, 0.2) is 0 Å². The van der Waals surface area contributed by atoms with Crippen molar-refractivity contribution in [1.82, 2.24) is 5.32 Å².